The van der Waals surface area contributed by atoms with E-state index in [1.165, 1.54) is 4.68 Å². The van der Waals surface area contributed by atoms with Crippen molar-refractivity contribution in [1.29, 1.82) is 0 Å². The quantitative estimate of drug-likeness (QED) is 0.544. The maximum Gasteiger partial charge on any atom is 0.312 e. The van der Waals surface area contributed by atoms with Gasteiger partial charge in [0.05, 0.1) is 11.6 Å². The fourth-order valence-electron chi connectivity index (χ4n) is 3.20. The van der Waals surface area contributed by atoms with Crippen molar-refractivity contribution in [3.63, 3.8) is 0 Å². The minimum absolute atomic E-state index is 0.0391. The van der Waals surface area contributed by atoms with E-state index in [0.29, 0.717) is 30.5 Å². The molecular formula is C16H19F2N5O4S. The molecule has 0 atom stereocenters. The number of aromatic nitrogens is 2. The number of nitro groups is 1. The number of hydrogen-bond acceptors (Lipinski definition) is 6. The zero-order chi connectivity index (χ0) is 20.6. The number of piperazine rings is 1. The molecule has 1 aromatic heterocycles. The van der Waals surface area contributed by atoms with Crippen LogP contribution in [0.25, 0.3) is 0 Å². The molecular weight excluding hydrogens is 396 g/mol. The second-order valence-electron chi connectivity index (χ2n) is 6.51. The first kappa shape index (κ1) is 20.3. The number of sulfonamides is 1. The van der Waals surface area contributed by atoms with Crippen molar-refractivity contribution in [3.05, 3.63) is 51.3 Å². The summed E-state index contributed by atoms with van der Waals surface area (Å²) in [7, 11) is -4.15. The average molecular weight is 415 g/mol. The summed E-state index contributed by atoms with van der Waals surface area (Å²) in [6.45, 7) is 4.23. The van der Waals surface area contributed by atoms with E-state index < -0.39 is 31.5 Å². The van der Waals surface area contributed by atoms with Crippen LogP contribution in [-0.2, 0) is 16.7 Å². The van der Waals surface area contributed by atoms with Crippen LogP contribution in [0.3, 0.4) is 0 Å². The monoisotopic (exact) mass is 415 g/mol. The SMILES string of the molecule is Cc1nn(CN2CCN(S(=O)(=O)c3cc(F)ccc3F)CC2)c(C)c1[N+](=O)[O-]. The molecule has 2 heterocycles. The van der Waals surface area contributed by atoms with E-state index >= 15 is 0 Å². The summed E-state index contributed by atoms with van der Waals surface area (Å²) >= 11 is 0. The summed E-state index contributed by atoms with van der Waals surface area (Å²) in [5.74, 6) is -1.83. The molecule has 9 nitrogen and oxygen atoms in total. The largest absolute Gasteiger partial charge is 0.312 e. The molecule has 0 radical (unpaired) electrons. The van der Waals surface area contributed by atoms with Gasteiger partial charge < -0.3 is 0 Å². The van der Waals surface area contributed by atoms with Crippen molar-refractivity contribution in [2.24, 2.45) is 0 Å². The van der Waals surface area contributed by atoms with Gasteiger partial charge in [-0.15, -0.1) is 0 Å². The molecule has 0 aliphatic carbocycles. The summed E-state index contributed by atoms with van der Waals surface area (Å²) in [4.78, 5) is 11.8. The van der Waals surface area contributed by atoms with E-state index in [1.54, 1.807) is 13.8 Å². The van der Waals surface area contributed by atoms with Crippen molar-refractivity contribution in [2.45, 2.75) is 25.4 Å². The van der Waals surface area contributed by atoms with Crippen LogP contribution in [0.5, 0.6) is 0 Å². The number of aryl methyl sites for hydroxylation is 1. The molecule has 3 rings (SSSR count). The number of hydrogen-bond donors (Lipinski definition) is 0. The third kappa shape index (κ3) is 3.75. The predicted octanol–water partition coefficient (Wildman–Crippen LogP) is 1.65. The van der Waals surface area contributed by atoms with Crippen molar-refractivity contribution in [2.75, 3.05) is 26.2 Å². The Kier molecular flexibility index (Phi) is 5.46. The normalized spacial score (nSPS) is 16.4. The lowest BCUT2D eigenvalue weighted by molar-refractivity contribution is -0.386. The third-order valence-corrected chi connectivity index (χ3v) is 6.62. The summed E-state index contributed by atoms with van der Waals surface area (Å²) in [6, 6.07) is 2.32. The van der Waals surface area contributed by atoms with Gasteiger partial charge >= 0.3 is 5.69 Å². The molecule has 2 aromatic rings. The molecule has 0 spiro atoms. The van der Waals surface area contributed by atoms with Gasteiger partial charge in [-0.25, -0.2) is 21.9 Å². The van der Waals surface area contributed by atoms with E-state index in [9.17, 15) is 27.3 Å². The van der Waals surface area contributed by atoms with Gasteiger partial charge in [-0.3, -0.25) is 15.0 Å². The van der Waals surface area contributed by atoms with E-state index in [2.05, 4.69) is 5.10 Å². The molecule has 152 valence electrons. The number of halogens is 2. The zero-order valence-electron chi connectivity index (χ0n) is 15.3. The molecule has 1 aromatic carbocycles. The Morgan fingerprint density at radius 1 is 1.18 bits per heavy atom. The predicted molar refractivity (Wildman–Crippen MR) is 95.0 cm³/mol. The average Bonchev–Trinajstić information content (AvgIpc) is 2.91. The van der Waals surface area contributed by atoms with Crippen LogP contribution in [0.1, 0.15) is 11.4 Å². The highest BCUT2D eigenvalue weighted by atomic mass is 32.2. The van der Waals surface area contributed by atoms with Crippen LogP contribution < -0.4 is 0 Å². The van der Waals surface area contributed by atoms with Gasteiger partial charge in [0.1, 0.15) is 27.9 Å². The lowest BCUT2D eigenvalue weighted by Crippen LogP contribution is -2.49. The highest BCUT2D eigenvalue weighted by molar-refractivity contribution is 7.89. The second-order valence-corrected chi connectivity index (χ2v) is 8.42. The van der Waals surface area contributed by atoms with Crippen molar-refractivity contribution in [1.82, 2.24) is 19.0 Å². The Labute approximate surface area is 160 Å². The topological polar surface area (TPSA) is 102 Å². The van der Waals surface area contributed by atoms with Crippen LogP contribution >= 0.6 is 0 Å². The Hall–Kier alpha value is -2.44. The summed E-state index contributed by atoms with van der Waals surface area (Å²) in [6.07, 6.45) is 0. The van der Waals surface area contributed by atoms with Crippen LogP contribution in [0.2, 0.25) is 0 Å². The fourth-order valence-corrected chi connectivity index (χ4v) is 4.70. The molecule has 1 saturated heterocycles. The lowest BCUT2D eigenvalue weighted by Gasteiger charge is -2.33. The first-order valence-corrected chi connectivity index (χ1v) is 9.91. The van der Waals surface area contributed by atoms with Crippen LogP contribution in [0.15, 0.2) is 23.1 Å². The standard InChI is InChI=1S/C16H19F2N5O4S/c1-11-16(23(24)25)12(2)22(19-11)10-20-5-7-21(8-6-20)28(26,27)15-9-13(17)3-4-14(15)18/h3-4,9H,5-8,10H2,1-2H3. The van der Waals surface area contributed by atoms with Crippen molar-refractivity contribution >= 4 is 15.7 Å². The van der Waals surface area contributed by atoms with Gasteiger partial charge in [-0.2, -0.15) is 9.40 Å². The Balaban J connectivity index is 1.70. The van der Waals surface area contributed by atoms with Crippen LogP contribution in [0.4, 0.5) is 14.5 Å². The van der Waals surface area contributed by atoms with E-state index in [0.717, 1.165) is 16.4 Å². The molecule has 1 fully saturated rings. The van der Waals surface area contributed by atoms with Crippen LogP contribution in [-0.4, -0.2) is 58.5 Å². The molecule has 1 aliphatic heterocycles. The van der Waals surface area contributed by atoms with E-state index in [1.807, 2.05) is 4.90 Å². The molecule has 12 heteroatoms. The van der Waals surface area contributed by atoms with Gasteiger partial charge in [0.2, 0.25) is 10.0 Å². The van der Waals surface area contributed by atoms with Gasteiger partial charge in [-0.05, 0) is 32.0 Å². The first-order valence-electron chi connectivity index (χ1n) is 8.47. The summed E-state index contributed by atoms with van der Waals surface area (Å²) < 4.78 is 55.1. The maximum absolute atomic E-state index is 13.9. The molecule has 28 heavy (non-hydrogen) atoms. The lowest BCUT2D eigenvalue weighted by atomic mass is 10.3. The molecule has 1 aliphatic rings. The molecule has 0 amide bonds. The second kappa shape index (κ2) is 7.53. The van der Waals surface area contributed by atoms with E-state index in [4.69, 9.17) is 0 Å². The Bertz CT molecular complexity index is 1020. The minimum atomic E-state index is -4.15. The highest BCUT2D eigenvalue weighted by Gasteiger charge is 2.31. The summed E-state index contributed by atoms with van der Waals surface area (Å²) in [5, 5.41) is 15.3. The summed E-state index contributed by atoms with van der Waals surface area (Å²) in [5.41, 5.74) is 0.687. The molecule has 0 bridgehead atoms. The Morgan fingerprint density at radius 3 is 2.39 bits per heavy atom. The van der Waals surface area contributed by atoms with Gasteiger partial charge in [0.15, 0.2) is 0 Å². The number of nitrogens with zero attached hydrogens (tertiary/aromatic N) is 5. The fraction of sp³-hybridized carbons (Fsp3) is 0.438. The number of benzene rings is 1. The van der Waals surface area contributed by atoms with Crippen molar-refractivity contribution < 1.29 is 22.1 Å². The highest BCUT2D eigenvalue weighted by Crippen LogP contribution is 2.24. The van der Waals surface area contributed by atoms with Gasteiger partial charge in [0, 0.05) is 26.2 Å². The van der Waals surface area contributed by atoms with Crippen molar-refractivity contribution in [3.8, 4) is 0 Å². The van der Waals surface area contributed by atoms with Gasteiger partial charge in [0.25, 0.3) is 0 Å². The minimum Gasteiger partial charge on any atom is -0.282 e. The molecule has 0 saturated carbocycles. The third-order valence-electron chi connectivity index (χ3n) is 4.70. The Morgan fingerprint density at radius 2 is 1.82 bits per heavy atom. The molecule has 0 N–H and O–H groups in total. The number of rotatable bonds is 5. The smallest absolute Gasteiger partial charge is 0.282 e. The van der Waals surface area contributed by atoms with Gasteiger partial charge in [-0.1, -0.05) is 0 Å². The molecule has 0 unspecified atom stereocenters. The van der Waals surface area contributed by atoms with E-state index in [-0.39, 0.29) is 25.4 Å². The van der Waals surface area contributed by atoms with Crippen LogP contribution in [0, 0.1) is 35.6 Å². The zero-order valence-corrected chi connectivity index (χ0v) is 16.1. The maximum atomic E-state index is 13.9. The first-order chi connectivity index (χ1) is 13.1.